The molecule has 0 amide bonds. The Morgan fingerprint density at radius 1 is 1.73 bits per heavy atom. The number of nitrogens with zero attached hydrogens (tertiary/aromatic N) is 2. The lowest BCUT2D eigenvalue weighted by Gasteiger charge is -2.03. The Bertz CT molecular complexity index is 218. The fourth-order valence-corrected chi connectivity index (χ4v) is 0.975. The van der Waals surface area contributed by atoms with Gasteiger partial charge in [0.2, 0.25) is 0 Å². The molecule has 1 heterocycles. The molecule has 1 aromatic heterocycles. The summed E-state index contributed by atoms with van der Waals surface area (Å²) in [6, 6.07) is 0. The second-order valence-electron chi connectivity index (χ2n) is 2.84. The highest BCUT2D eigenvalue weighted by atomic mass is 16.3. The van der Waals surface area contributed by atoms with Crippen molar-refractivity contribution in [1.82, 2.24) is 9.55 Å². The highest BCUT2D eigenvalue weighted by Crippen LogP contribution is 2.01. The fraction of sp³-hybridized carbons (Fsp3) is 0.625. The van der Waals surface area contributed by atoms with E-state index in [9.17, 15) is 0 Å². The van der Waals surface area contributed by atoms with Crippen molar-refractivity contribution in [1.29, 1.82) is 0 Å². The van der Waals surface area contributed by atoms with Crippen LogP contribution in [0.25, 0.3) is 0 Å². The van der Waals surface area contributed by atoms with Crippen molar-refractivity contribution in [2.24, 2.45) is 7.05 Å². The quantitative estimate of drug-likeness (QED) is 0.697. The second-order valence-corrected chi connectivity index (χ2v) is 2.84. The Kier molecular flexibility index (Phi) is 2.65. The molecule has 0 unspecified atom stereocenters. The number of hydrogen-bond acceptors (Lipinski definition) is 2. The maximum absolute atomic E-state index is 9.01. The molecule has 0 fully saturated rings. The van der Waals surface area contributed by atoms with Gasteiger partial charge in [0.1, 0.15) is 5.82 Å². The van der Waals surface area contributed by atoms with Gasteiger partial charge in [-0.3, -0.25) is 0 Å². The molecular weight excluding hydrogens is 140 g/mol. The monoisotopic (exact) mass is 154 g/mol. The molecule has 0 saturated carbocycles. The molecule has 3 heteroatoms. The van der Waals surface area contributed by atoms with Crippen LogP contribution in [0.15, 0.2) is 12.4 Å². The van der Waals surface area contributed by atoms with Gasteiger partial charge in [0, 0.05) is 25.9 Å². The number of aromatic nitrogens is 2. The van der Waals surface area contributed by atoms with Crippen molar-refractivity contribution in [3.05, 3.63) is 18.2 Å². The van der Waals surface area contributed by atoms with Crippen LogP contribution in [0, 0.1) is 0 Å². The van der Waals surface area contributed by atoms with Gasteiger partial charge < -0.3 is 9.67 Å². The zero-order chi connectivity index (χ0) is 8.27. The standard InChI is InChI=1S/C8H14N2O/c1-7(11)3-4-8-9-5-6-10(8)2/h5-7,11H,3-4H2,1-2H3/t7-/m1/s1. The van der Waals surface area contributed by atoms with Gasteiger partial charge in [0.15, 0.2) is 0 Å². The van der Waals surface area contributed by atoms with Crippen LogP contribution in [0.5, 0.6) is 0 Å². The van der Waals surface area contributed by atoms with Crippen LogP contribution in [0.4, 0.5) is 0 Å². The SMILES string of the molecule is C[C@@H](O)CCc1nccn1C. The van der Waals surface area contributed by atoms with E-state index in [-0.39, 0.29) is 6.10 Å². The van der Waals surface area contributed by atoms with Gasteiger partial charge in [0.25, 0.3) is 0 Å². The third-order valence-corrected chi connectivity index (χ3v) is 1.71. The molecule has 0 saturated heterocycles. The van der Waals surface area contributed by atoms with Crippen molar-refractivity contribution < 1.29 is 5.11 Å². The molecule has 0 aliphatic heterocycles. The second kappa shape index (κ2) is 3.53. The van der Waals surface area contributed by atoms with Crippen LogP contribution >= 0.6 is 0 Å². The maximum Gasteiger partial charge on any atom is 0.108 e. The smallest absolute Gasteiger partial charge is 0.108 e. The Balaban J connectivity index is 2.44. The molecular formula is C8H14N2O. The van der Waals surface area contributed by atoms with Crippen LogP contribution in [-0.4, -0.2) is 20.8 Å². The summed E-state index contributed by atoms with van der Waals surface area (Å²) >= 11 is 0. The maximum atomic E-state index is 9.01. The first-order valence-electron chi connectivity index (χ1n) is 3.84. The van der Waals surface area contributed by atoms with E-state index in [0.29, 0.717) is 0 Å². The predicted molar refractivity (Wildman–Crippen MR) is 43.2 cm³/mol. The van der Waals surface area contributed by atoms with Gasteiger partial charge in [-0.1, -0.05) is 0 Å². The van der Waals surface area contributed by atoms with E-state index in [1.54, 1.807) is 13.1 Å². The number of imidazole rings is 1. The van der Waals surface area contributed by atoms with Crippen molar-refractivity contribution in [2.75, 3.05) is 0 Å². The summed E-state index contributed by atoms with van der Waals surface area (Å²) in [4.78, 5) is 4.14. The molecule has 62 valence electrons. The van der Waals surface area contributed by atoms with E-state index in [1.165, 1.54) is 0 Å². The van der Waals surface area contributed by atoms with Gasteiger partial charge in [-0.15, -0.1) is 0 Å². The van der Waals surface area contributed by atoms with E-state index in [4.69, 9.17) is 5.11 Å². The number of aliphatic hydroxyl groups is 1. The summed E-state index contributed by atoms with van der Waals surface area (Å²) in [5, 5.41) is 9.01. The number of hydrogen-bond donors (Lipinski definition) is 1. The Hall–Kier alpha value is -0.830. The summed E-state index contributed by atoms with van der Waals surface area (Å²) in [7, 11) is 1.96. The van der Waals surface area contributed by atoms with E-state index >= 15 is 0 Å². The highest BCUT2D eigenvalue weighted by molar-refractivity contribution is 4.91. The first kappa shape index (κ1) is 8.27. The average Bonchev–Trinajstić information content (AvgIpc) is 2.31. The minimum Gasteiger partial charge on any atom is -0.393 e. The van der Waals surface area contributed by atoms with Gasteiger partial charge in [-0.05, 0) is 13.3 Å². The lowest BCUT2D eigenvalue weighted by molar-refractivity contribution is 0.184. The number of aryl methyl sites for hydroxylation is 2. The molecule has 1 rings (SSSR count). The van der Waals surface area contributed by atoms with Crippen LogP contribution < -0.4 is 0 Å². The van der Waals surface area contributed by atoms with Crippen LogP contribution in [0.1, 0.15) is 19.2 Å². The molecule has 1 aromatic rings. The van der Waals surface area contributed by atoms with Crippen molar-refractivity contribution >= 4 is 0 Å². The molecule has 0 aliphatic carbocycles. The van der Waals surface area contributed by atoms with E-state index in [0.717, 1.165) is 18.7 Å². The van der Waals surface area contributed by atoms with Gasteiger partial charge in [0.05, 0.1) is 6.10 Å². The van der Waals surface area contributed by atoms with Crippen LogP contribution in [0.3, 0.4) is 0 Å². The summed E-state index contributed by atoms with van der Waals surface area (Å²) in [6.07, 6.45) is 5.09. The van der Waals surface area contributed by atoms with Gasteiger partial charge >= 0.3 is 0 Å². The summed E-state index contributed by atoms with van der Waals surface area (Å²) in [6.45, 7) is 1.79. The molecule has 0 aliphatic rings. The van der Waals surface area contributed by atoms with E-state index < -0.39 is 0 Å². The summed E-state index contributed by atoms with van der Waals surface area (Å²) in [5.41, 5.74) is 0. The average molecular weight is 154 g/mol. The van der Waals surface area contributed by atoms with Crippen molar-refractivity contribution in [3.63, 3.8) is 0 Å². The fourth-order valence-electron chi connectivity index (χ4n) is 0.975. The lowest BCUT2D eigenvalue weighted by atomic mass is 10.2. The first-order chi connectivity index (χ1) is 5.20. The van der Waals surface area contributed by atoms with Crippen molar-refractivity contribution in [3.8, 4) is 0 Å². The zero-order valence-electron chi connectivity index (χ0n) is 6.99. The Morgan fingerprint density at radius 3 is 2.91 bits per heavy atom. The normalized spacial score (nSPS) is 13.4. The van der Waals surface area contributed by atoms with Gasteiger partial charge in [-0.2, -0.15) is 0 Å². The van der Waals surface area contributed by atoms with E-state index in [1.807, 2.05) is 17.8 Å². The number of aliphatic hydroxyl groups excluding tert-OH is 1. The Morgan fingerprint density at radius 2 is 2.45 bits per heavy atom. The predicted octanol–water partition coefficient (Wildman–Crippen LogP) is 0.734. The molecule has 1 atom stereocenters. The van der Waals surface area contributed by atoms with E-state index in [2.05, 4.69) is 4.98 Å². The molecule has 0 radical (unpaired) electrons. The first-order valence-corrected chi connectivity index (χ1v) is 3.84. The Labute approximate surface area is 66.7 Å². The largest absolute Gasteiger partial charge is 0.393 e. The topological polar surface area (TPSA) is 38.1 Å². The molecule has 1 N–H and O–H groups in total. The highest BCUT2D eigenvalue weighted by Gasteiger charge is 2.00. The van der Waals surface area contributed by atoms with Crippen LogP contribution in [-0.2, 0) is 13.5 Å². The minimum absolute atomic E-state index is 0.230. The third-order valence-electron chi connectivity index (χ3n) is 1.71. The van der Waals surface area contributed by atoms with Crippen LogP contribution in [0.2, 0.25) is 0 Å². The minimum atomic E-state index is -0.230. The summed E-state index contributed by atoms with van der Waals surface area (Å²) < 4.78 is 1.97. The van der Waals surface area contributed by atoms with Crippen molar-refractivity contribution in [2.45, 2.75) is 25.9 Å². The molecule has 0 spiro atoms. The molecule has 11 heavy (non-hydrogen) atoms. The summed E-state index contributed by atoms with van der Waals surface area (Å²) in [5.74, 6) is 1.03. The zero-order valence-corrected chi connectivity index (χ0v) is 6.99. The lowest BCUT2D eigenvalue weighted by Crippen LogP contribution is -2.05. The molecule has 0 bridgehead atoms. The third kappa shape index (κ3) is 2.35. The van der Waals surface area contributed by atoms with Gasteiger partial charge in [-0.25, -0.2) is 4.98 Å². The molecule has 3 nitrogen and oxygen atoms in total. The number of rotatable bonds is 3. The molecule has 0 aromatic carbocycles.